The van der Waals surface area contributed by atoms with Crippen LogP contribution < -0.4 is 19.6 Å². The molecule has 3 heterocycles. The summed E-state index contributed by atoms with van der Waals surface area (Å²) in [7, 11) is 0. The van der Waals surface area contributed by atoms with E-state index in [1.54, 1.807) is 18.4 Å². The minimum absolute atomic E-state index is 0.173. The maximum absolute atomic E-state index is 13.5. The Balaban J connectivity index is 1.81. The van der Waals surface area contributed by atoms with Crippen LogP contribution in [0.25, 0.3) is 6.08 Å². The van der Waals surface area contributed by atoms with Crippen molar-refractivity contribution < 1.29 is 14.3 Å². The lowest BCUT2D eigenvalue weighted by atomic mass is 10.0. The lowest BCUT2D eigenvalue weighted by Crippen LogP contribution is -2.39. The van der Waals surface area contributed by atoms with Gasteiger partial charge in [0.2, 0.25) is 0 Å². The molecule has 0 fully saturated rings. The summed E-state index contributed by atoms with van der Waals surface area (Å²) in [6.45, 7) is 6.55. The third-order valence-corrected chi connectivity index (χ3v) is 6.89. The van der Waals surface area contributed by atoms with E-state index in [1.165, 1.54) is 22.7 Å². The Labute approximate surface area is 193 Å². The van der Waals surface area contributed by atoms with E-state index in [0.717, 1.165) is 22.6 Å². The van der Waals surface area contributed by atoms with Gasteiger partial charge in [-0.2, -0.15) is 0 Å². The first-order valence-electron chi connectivity index (χ1n) is 10.5. The molecule has 4 rings (SSSR count). The highest BCUT2D eigenvalue weighted by molar-refractivity contribution is 7.10. The van der Waals surface area contributed by atoms with Crippen LogP contribution in [0.3, 0.4) is 0 Å². The number of allylic oxidation sites excluding steroid dienone is 1. The number of aromatic nitrogens is 1. The smallest absolute Gasteiger partial charge is 0.338 e. The first-order chi connectivity index (χ1) is 15.5. The van der Waals surface area contributed by atoms with Gasteiger partial charge < -0.3 is 9.47 Å². The minimum Gasteiger partial charge on any atom is -0.494 e. The first-order valence-corrected chi connectivity index (χ1v) is 12.2. The summed E-state index contributed by atoms with van der Waals surface area (Å²) in [6, 6.07) is 10.9. The van der Waals surface area contributed by atoms with Crippen molar-refractivity contribution in [3.63, 3.8) is 0 Å². The molecule has 0 amide bonds. The van der Waals surface area contributed by atoms with Crippen molar-refractivity contribution in [2.24, 2.45) is 4.99 Å². The Morgan fingerprint density at radius 1 is 1.22 bits per heavy atom. The Morgan fingerprint density at radius 2 is 2.00 bits per heavy atom. The number of hydrogen-bond donors (Lipinski definition) is 0. The van der Waals surface area contributed by atoms with Crippen LogP contribution in [0.2, 0.25) is 0 Å². The molecule has 166 valence electrons. The summed E-state index contributed by atoms with van der Waals surface area (Å²) in [4.78, 5) is 32.3. The number of carbonyl (C=O) groups excluding carboxylic acids is 1. The van der Waals surface area contributed by atoms with Gasteiger partial charge >= 0.3 is 5.97 Å². The Bertz CT molecular complexity index is 1320. The van der Waals surface area contributed by atoms with Crippen molar-refractivity contribution in [1.29, 1.82) is 0 Å². The molecule has 1 aliphatic rings. The number of nitrogens with zero attached hydrogens (tertiary/aromatic N) is 2. The maximum atomic E-state index is 13.5. The molecule has 1 aromatic carbocycles. The fraction of sp³-hybridized carbons (Fsp3) is 0.292. The summed E-state index contributed by atoms with van der Waals surface area (Å²) >= 11 is 2.82. The van der Waals surface area contributed by atoms with E-state index < -0.39 is 12.0 Å². The lowest BCUT2D eigenvalue weighted by molar-refractivity contribution is -0.139. The third kappa shape index (κ3) is 4.33. The van der Waals surface area contributed by atoms with Crippen molar-refractivity contribution in [2.45, 2.75) is 33.2 Å². The monoisotopic (exact) mass is 468 g/mol. The van der Waals surface area contributed by atoms with Crippen LogP contribution >= 0.6 is 22.7 Å². The Kier molecular flexibility index (Phi) is 6.72. The topological polar surface area (TPSA) is 69.9 Å². The molecular weight excluding hydrogens is 444 g/mol. The van der Waals surface area contributed by atoms with Crippen molar-refractivity contribution >= 4 is 34.7 Å². The van der Waals surface area contributed by atoms with E-state index in [4.69, 9.17) is 9.47 Å². The summed E-state index contributed by atoms with van der Waals surface area (Å²) in [5.41, 5.74) is 1.71. The molecule has 2 aromatic heterocycles. The summed E-state index contributed by atoms with van der Waals surface area (Å²) < 4.78 is 13.1. The maximum Gasteiger partial charge on any atom is 0.338 e. The van der Waals surface area contributed by atoms with E-state index in [0.29, 0.717) is 27.2 Å². The second kappa shape index (κ2) is 9.67. The van der Waals surface area contributed by atoms with Crippen LogP contribution in [0.15, 0.2) is 62.8 Å². The molecule has 1 unspecified atom stereocenters. The summed E-state index contributed by atoms with van der Waals surface area (Å²) in [5.74, 6) is 0.363. The zero-order chi connectivity index (χ0) is 22.7. The number of benzene rings is 1. The Morgan fingerprint density at radius 3 is 2.66 bits per heavy atom. The molecule has 32 heavy (non-hydrogen) atoms. The van der Waals surface area contributed by atoms with Gasteiger partial charge in [-0.15, -0.1) is 11.3 Å². The molecule has 0 aliphatic carbocycles. The van der Waals surface area contributed by atoms with Crippen molar-refractivity contribution in [3.8, 4) is 5.75 Å². The van der Waals surface area contributed by atoms with E-state index >= 15 is 0 Å². The largest absolute Gasteiger partial charge is 0.494 e. The quantitative estimate of drug-likeness (QED) is 0.497. The van der Waals surface area contributed by atoms with Crippen LogP contribution in [0.1, 0.15) is 43.7 Å². The van der Waals surface area contributed by atoms with Gasteiger partial charge in [-0.3, -0.25) is 9.36 Å². The van der Waals surface area contributed by atoms with Crippen LogP contribution in [0.4, 0.5) is 0 Å². The molecule has 0 N–H and O–H groups in total. The number of esters is 1. The van der Waals surface area contributed by atoms with E-state index in [-0.39, 0.29) is 12.2 Å². The zero-order valence-electron chi connectivity index (χ0n) is 18.2. The van der Waals surface area contributed by atoms with Crippen molar-refractivity contribution in [3.05, 3.63) is 83.2 Å². The van der Waals surface area contributed by atoms with Crippen LogP contribution in [-0.4, -0.2) is 23.8 Å². The Hall–Kier alpha value is -2.97. The molecular formula is C24H24N2O4S2. The number of hydrogen-bond acceptors (Lipinski definition) is 7. The SMILES string of the molecule is CCCOc1ccc(C=c2sc3n(c2=O)C(c2cccs2)C(C(=O)OCC)=C(C)N=3)cc1. The van der Waals surface area contributed by atoms with Crippen molar-refractivity contribution in [2.75, 3.05) is 13.2 Å². The molecule has 6 nitrogen and oxygen atoms in total. The average Bonchev–Trinajstić information content (AvgIpc) is 3.41. The number of thiophene rings is 1. The normalized spacial score (nSPS) is 16.0. The molecule has 0 bridgehead atoms. The van der Waals surface area contributed by atoms with Crippen LogP contribution in [0.5, 0.6) is 5.75 Å². The van der Waals surface area contributed by atoms with Gasteiger partial charge in [0.25, 0.3) is 5.56 Å². The highest BCUT2D eigenvalue weighted by atomic mass is 32.1. The molecule has 8 heteroatoms. The number of ether oxygens (including phenoxy) is 2. The predicted octanol–water partition coefficient (Wildman–Crippen LogP) is 3.65. The van der Waals surface area contributed by atoms with Gasteiger partial charge in [0.1, 0.15) is 11.8 Å². The molecule has 0 saturated heterocycles. The molecule has 0 radical (unpaired) electrons. The van der Waals surface area contributed by atoms with Gasteiger partial charge in [0, 0.05) is 4.88 Å². The molecule has 1 atom stereocenters. The fourth-order valence-electron chi connectivity index (χ4n) is 3.54. The minimum atomic E-state index is -0.544. The van der Waals surface area contributed by atoms with Gasteiger partial charge in [-0.05, 0) is 55.5 Å². The second-order valence-corrected chi connectivity index (χ2v) is 9.22. The van der Waals surface area contributed by atoms with Crippen LogP contribution in [0, 0.1) is 0 Å². The second-order valence-electron chi connectivity index (χ2n) is 7.24. The lowest BCUT2D eigenvalue weighted by Gasteiger charge is -2.23. The van der Waals surface area contributed by atoms with Gasteiger partial charge in [-0.25, -0.2) is 9.79 Å². The summed E-state index contributed by atoms with van der Waals surface area (Å²) in [5, 5.41) is 1.94. The number of rotatable bonds is 7. The predicted molar refractivity (Wildman–Crippen MR) is 127 cm³/mol. The third-order valence-electron chi connectivity index (χ3n) is 4.98. The standard InChI is InChI=1S/C24H24N2O4S2/c1-4-12-30-17-10-8-16(9-11-17)14-19-22(27)26-21(18-7-6-13-31-18)20(23(28)29-5-2)15(3)25-24(26)32-19/h6-11,13-14,21H,4-5,12H2,1-3H3. The van der Waals surface area contributed by atoms with E-state index in [2.05, 4.69) is 11.9 Å². The zero-order valence-corrected chi connectivity index (χ0v) is 19.8. The molecule has 0 saturated carbocycles. The van der Waals surface area contributed by atoms with Crippen molar-refractivity contribution in [1.82, 2.24) is 4.57 Å². The number of carbonyl (C=O) groups is 1. The van der Waals surface area contributed by atoms with Gasteiger partial charge in [0.15, 0.2) is 4.80 Å². The van der Waals surface area contributed by atoms with E-state index in [1.807, 2.05) is 47.9 Å². The first kappa shape index (κ1) is 22.2. The van der Waals surface area contributed by atoms with E-state index in [9.17, 15) is 9.59 Å². The summed E-state index contributed by atoms with van der Waals surface area (Å²) in [6.07, 6.45) is 2.80. The molecule has 3 aromatic rings. The molecule has 1 aliphatic heterocycles. The highest BCUT2D eigenvalue weighted by Crippen LogP contribution is 2.33. The number of fused-ring (bicyclic) bond motifs is 1. The van der Waals surface area contributed by atoms with Gasteiger partial charge in [0.05, 0.1) is 29.0 Å². The number of thiazole rings is 1. The fourth-order valence-corrected chi connectivity index (χ4v) is 5.41. The highest BCUT2D eigenvalue weighted by Gasteiger charge is 2.33. The molecule has 0 spiro atoms. The van der Waals surface area contributed by atoms with Crippen LogP contribution in [-0.2, 0) is 9.53 Å². The van der Waals surface area contributed by atoms with Gasteiger partial charge in [-0.1, -0.05) is 36.5 Å². The average molecular weight is 469 g/mol.